The highest BCUT2D eigenvalue weighted by Gasteiger charge is 2.33. The number of methoxy groups -OCH3 is 2. The van der Waals surface area contributed by atoms with E-state index in [2.05, 4.69) is 15.0 Å². The Kier molecular flexibility index (Phi) is 4.57. The monoisotopic (exact) mass is 316 g/mol. The Balaban J connectivity index is 1.75. The number of rotatable bonds is 5. The molecule has 0 saturated carbocycles. The zero-order chi connectivity index (χ0) is 16.2. The van der Waals surface area contributed by atoms with Crippen LogP contribution in [0.15, 0.2) is 30.6 Å². The number of anilines is 1. The van der Waals surface area contributed by atoms with Gasteiger partial charge in [-0.1, -0.05) is 0 Å². The molecule has 0 unspecified atom stereocenters. The number of ether oxygens (including phenoxy) is 2. The van der Waals surface area contributed by atoms with E-state index in [1.54, 1.807) is 32.7 Å². The van der Waals surface area contributed by atoms with Gasteiger partial charge in [0.25, 0.3) is 0 Å². The highest BCUT2D eigenvalue weighted by Crippen LogP contribution is 2.27. The summed E-state index contributed by atoms with van der Waals surface area (Å²) in [6.07, 6.45) is 3.90. The number of nitrogens with zero attached hydrogens (tertiary/aromatic N) is 4. The number of pyridine rings is 1. The minimum absolute atomic E-state index is 0.123. The molecule has 2 aromatic rings. The number of aliphatic hydroxyl groups excluding tert-OH is 1. The molecule has 1 N–H and O–H groups in total. The second-order valence-corrected chi connectivity index (χ2v) is 5.54. The van der Waals surface area contributed by atoms with Gasteiger partial charge >= 0.3 is 0 Å². The lowest BCUT2D eigenvalue weighted by atomic mass is 9.97. The van der Waals surface area contributed by atoms with Crippen LogP contribution in [0.5, 0.6) is 11.8 Å². The lowest BCUT2D eigenvalue weighted by Crippen LogP contribution is -2.23. The molecule has 0 spiro atoms. The zero-order valence-electron chi connectivity index (χ0n) is 13.2. The molecule has 122 valence electrons. The minimum Gasteiger partial charge on any atom is -0.481 e. The maximum absolute atomic E-state index is 10.4. The van der Waals surface area contributed by atoms with Crippen molar-refractivity contribution in [3.8, 4) is 11.8 Å². The predicted octanol–water partition coefficient (Wildman–Crippen LogP) is 0.929. The summed E-state index contributed by atoms with van der Waals surface area (Å²) in [5.74, 6) is 1.52. The van der Waals surface area contributed by atoms with E-state index in [4.69, 9.17) is 9.47 Å². The van der Waals surface area contributed by atoms with Crippen LogP contribution in [-0.2, 0) is 6.42 Å². The van der Waals surface area contributed by atoms with Gasteiger partial charge in [0.1, 0.15) is 0 Å². The van der Waals surface area contributed by atoms with Crippen molar-refractivity contribution < 1.29 is 14.6 Å². The summed E-state index contributed by atoms with van der Waals surface area (Å²) >= 11 is 0. The van der Waals surface area contributed by atoms with Crippen molar-refractivity contribution >= 4 is 5.95 Å². The van der Waals surface area contributed by atoms with Crippen LogP contribution in [-0.4, -0.2) is 53.5 Å². The van der Waals surface area contributed by atoms with Gasteiger partial charge in [0.15, 0.2) is 0 Å². The number of hydrogen-bond acceptors (Lipinski definition) is 7. The Labute approximate surface area is 134 Å². The second-order valence-electron chi connectivity index (χ2n) is 5.54. The summed E-state index contributed by atoms with van der Waals surface area (Å²) in [7, 11) is 3.10. The molecule has 0 aliphatic carbocycles. The molecule has 1 saturated heterocycles. The molecule has 0 amide bonds. The van der Waals surface area contributed by atoms with E-state index in [-0.39, 0.29) is 5.92 Å². The first-order valence-corrected chi connectivity index (χ1v) is 7.48. The second kappa shape index (κ2) is 6.78. The van der Waals surface area contributed by atoms with Gasteiger partial charge in [-0.2, -0.15) is 9.97 Å². The van der Waals surface area contributed by atoms with Crippen LogP contribution in [0, 0.1) is 5.92 Å². The molecule has 23 heavy (non-hydrogen) atoms. The standard InChI is InChI=1S/C16H20N4O3/c1-22-14-8-15(23-2)19-16(18-14)20-9-12(13(21)10-20)7-11-3-5-17-6-4-11/h3-6,8,12-13,21H,7,9-10H2,1-2H3/t12-,13-/m1/s1. The van der Waals surface area contributed by atoms with E-state index in [1.165, 1.54) is 0 Å². The van der Waals surface area contributed by atoms with Crippen LogP contribution in [0.4, 0.5) is 5.95 Å². The number of hydrogen-bond donors (Lipinski definition) is 1. The Morgan fingerprint density at radius 1 is 1.13 bits per heavy atom. The fourth-order valence-electron chi connectivity index (χ4n) is 2.78. The molecule has 2 aromatic heterocycles. The van der Waals surface area contributed by atoms with Crippen molar-refractivity contribution in [3.63, 3.8) is 0 Å². The van der Waals surface area contributed by atoms with Crippen LogP contribution in [0.2, 0.25) is 0 Å². The number of aliphatic hydroxyl groups is 1. The molecule has 2 atom stereocenters. The van der Waals surface area contributed by atoms with E-state index in [1.807, 2.05) is 17.0 Å². The van der Waals surface area contributed by atoms with Crippen molar-refractivity contribution in [1.29, 1.82) is 0 Å². The van der Waals surface area contributed by atoms with Crippen molar-refractivity contribution in [2.24, 2.45) is 5.92 Å². The molecule has 1 fully saturated rings. The summed E-state index contributed by atoms with van der Waals surface area (Å²) < 4.78 is 10.4. The van der Waals surface area contributed by atoms with Gasteiger partial charge in [0.05, 0.1) is 26.4 Å². The molecule has 3 heterocycles. The van der Waals surface area contributed by atoms with E-state index >= 15 is 0 Å². The summed E-state index contributed by atoms with van der Waals surface area (Å²) in [5.41, 5.74) is 1.16. The summed E-state index contributed by atoms with van der Waals surface area (Å²) in [6, 6.07) is 5.57. The van der Waals surface area contributed by atoms with Gasteiger partial charge in [-0.05, 0) is 24.1 Å². The third kappa shape index (κ3) is 3.50. The Morgan fingerprint density at radius 2 is 1.78 bits per heavy atom. The molecule has 7 heteroatoms. The first kappa shape index (κ1) is 15.5. The molecule has 7 nitrogen and oxygen atoms in total. The highest BCUT2D eigenvalue weighted by atomic mass is 16.5. The Hall–Kier alpha value is -2.41. The fourth-order valence-corrected chi connectivity index (χ4v) is 2.78. The average molecular weight is 316 g/mol. The van der Waals surface area contributed by atoms with E-state index < -0.39 is 6.10 Å². The van der Waals surface area contributed by atoms with E-state index in [0.29, 0.717) is 30.8 Å². The number of β-amino-alcohol motifs (C(OH)–C–C–N with tert-alkyl or cyclic N) is 1. The molecule has 1 aliphatic rings. The Bertz CT molecular complexity index is 631. The fraction of sp³-hybridized carbons (Fsp3) is 0.438. The van der Waals surface area contributed by atoms with Crippen LogP contribution in [0.3, 0.4) is 0 Å². The minimum atomic E-state index is -0.427. The molecule has 0 radical (unpaired) electrons. The summed E-state index contributed by atoms with van der Waals surface area (Å²) in [5, 5.41) is 10.4. The Morgan fingerprint density at radius 3 is 2.39 bits per heavy atom. The van der Waals surface area contributed by atoms with Gasteiger partial charge in [-0.15, -0.1) is 0 Å². The molecule has 0 aromatic carbocycles. The van der Waals surface area contributed by atoms with Crippen molar-refractivity contribution in [1.82, 2.24) is 15.0 Å². The maximum Gasteiger partial charge on any atom is 0.232 e. The predicted molar refractivity (Wildman–Crippen MR) is 84.8 cm³/mol. The normalized spacial score (nSPS) is 20.6. The molecular weight excluding hydrogens is 296 g/mol. The molecule has 3 rings (SSSR count). The zero-order valence-corrected chi connectivity index (χ0v) is 13.2. The summed E-state index contributed by atoms with van der Waals surface area (Å²) in [4.78, 5) is 14.7. The smallest absolute Gasteiger partial charge is 0.232 e. The van der Waals surface area contributed by atoms with Gasteiger partial charge < -0.3 is 19.5 Å². The SMILES string of the molecule is COc1cc(OC)nc(N2C[C@@H](Cc3ccncc3)[C@H](O)C2)n1. The number of aromatic nitrogens is 3. The van der Waals surface area contributed by atoms with Gasteiger partial charge in [0, 0.05) is 31.4 Å². The van der Waals surface area contributed by atoms with Gasteiger partial charge in [-0.25, -0.2) is 0 Å². The molecule has 1 aliphatic heterocycles. The van der Waals surface area contributed by atoms with E-state index in [0.717, 1.165) is 12.0 Å². The van der Waals surface area contributed by atoms with Gasteiger partial charge in [0.2, 0.25) is 17.7 Å². The molecule has 0 bridgehead atoms. The quantitative estimate of drug-likeness (QED) is 0.879. The third-order valence-electron chi connectivity index (χ3n) is 4.02. The van der Waals surface area contributed by atoms with E-state index in [9.17, 15) is 5.11 Å². The largest absolute Gasteiger partial charge is 0.481 e. The molecular formula is C16H20N4O3. The van der Waals surface area contributed by atoms with Crippen molar-refractivity contribution in [2.75, 3.05) is 32.2 Å². The van der Waals surface area contributed by atoms with Crippen molar-refractivity contribution in [2.45, 2.75) is 12.5 Å². The lowest BCUT2D eigenvalue weighted by Gasteiger charge is -2.17. The van der Waals surface area contributed by atoms with Crippen LogP contribution in [0.1, 0.15) is 5.56 Å². The summed E-state index contributed by atoms with van der Waals surface area (Å²) in [6.45, 7) is 1.17. The average Bonchev–Trinajstić information content (AvgIpc) is 2.96. The third-order valence-corrected chi connectivity index (χ3v) is 4.02. The van der Waals surface area contributed by atoms with Crippen LogP contribution >= 0.6 is 0 Å². The first-order valence-electron chi connectivity index (χ1n) is 7.48. The topological polar surface area (TPSA) is 80.6 Å². The maximum atomic E-state index is 10.4. The van der Waals surface area contributed by atoms with Crippen LogP contribution in [0.25, 0.3) is 0 Å². The van der Waals surface area contributed by atoms with Crippen LogP contribution < -0.4 is 14.4 Å². The lowest BCUT2D eigenvalue weighted by molar-refractivity contribution is 0.148. The first-order chi connectivity index (χ1) is 11.2. The highest BCUT2D eigenvalue weighted by molar-refractivity contribution is 5.38. The van der Waals surface area contributed by atoms with Gasteiger partial charge in [-0.3, -0.25) is 4.98 Å². The van der Waals surface area contributed by atoms with Crippen molar-refractivity contribution in [3.05, 3.63) is 36.2 Å².